The van der Waals surface area contributed by atoms with Gasteiger partial charge in [0.25, 0.3) is 5.69 Å². The number of nitrogens with zero attached hydrogens (tertiary/aromatic N) is 2. The first-order valence-electron chi connectivity index (χ1n) is 6.89. The number of nitro groups is 1. The number of carbonyl (C=O) groups is 1. The molecule has 1 heterocycles. The van der Waals surface area contributed by atoms with Gasteiger partial charge in [0.2, 0.25) is 5.91 Å². The third-order valence-corrected chi connectivity index (χ3v) is 5.71. The molecule has 114 valence electrons. The highest BCUT2D eigenvalue weighted by atomic mass is 32.2. The van der Waals surface area contributed by atoms with E-state index in [9.17, 15) is 14.9 Å². The number of rotatable bonds is 3. The summed E-state index contributed by atoms with van der Waals surface area (Å²) in [7, 11) is 0. The lowest BCUT2D eigenvalue weighted by atomic mass is 9.64. The Balaban J connectivity index is 2.14. The summed E-state index contributed by atoms with van der Waals surface area (Å²) in [4.78, 5) is 23.7. The molecule has 0 radical (unpaired) electrons. The fourth-order valence-corrected chi connectivity index (χ4v) is 3.25. The van der Waals surface area contributed by atoms with Gasteiger partial charge in [0, 0.05) is 29.0 Å². The second kappa shape index (κ2) is 5.33. The Morgan fingerprint density at radius 3 is 2.29 bits per heavy atom. The molecule has 2 rings (SSSR count). The molecule has 1 fully saturated rings. The maximum atomic E-state index is 12.6. The van der Waals surface area contributed by atoms with Crippen molar-refractivity contribution in [3.8, 4) is 0 Å². The summed E-state index contributed by atoms with van der Waals surface area (Å²) < 4.78 is 1.77. The van der Waals surface area contributed by atoms with Crippen LogP contribution >= 0.6 is 11.9 Å². The summed E-state index contributed by atoms with van der Waals surface area (Å²) in [5.41, 5.74) is -0.388. The first kappa shape index (κ1) is 15.8. The SMILES string of the molecule is CC1(C)CCN(Sc2ccc([N+](=O)[O-])cc2)C(=O)C1(C)C. The van der Waals surface area contributed by atoms with Crippen LogP contribution < -0.4 is 0 Å². The second-order valence-electron chi connectivity index (χ2n) is 6.51. The molecule has 1 amide bonds. The van der Waals surface area contributed by atoms with E-state index in [1.54, 1.807) is 16.4 Å². The lowest BCUT2D eigenvalue weighted by Gasteiger charge is -2.48. The molecular weight excluding hydrogens is 288 g/mol. The predicted octanol–water partition coefficient (Wildman–Crippen LogP) is 3.89. The van der Waals surface area contributed by atoms with Crippen LogP contribution in [-0.4, -0.2) is 21.7 Å². The molecule has 0 saturated carbocycles. The predicted molar refractivity (Wildman–Crippen MR) is 82.8 cm³/mol. The summed E-state index contributed by atoms with van der Waals surface area (Å²) >= 11 is 1.36. The highest BCUT2D eigenvalue weighted by Crippen LogP contribution is 2.48. The van der Waals surface area contributed by atoms with Crippen molar-refractivity contribution in [3.05, 3.63) is 34.4 Å². The van der Waals surface area contributed by atoms with Crippen LogP contribution in [0.15, 0.2) is 29.2 Å². The van der Waals surface area contributed by atoms with Gasteiger partial charge in [-0.25, -0.2) is 0 Å². The summed E-state index contributed by atoms with van der Waals surface area (Å²) in [6.07, 6.45) is 0.936. The lowest BCUT2D eigenvalue weighted by Crippen LogP contribution is -2.52. The molecule has 1 aromatic carbocycles. The Labute approximate surface area is 129 Å². The number of amides is 1. The molecule has 1 aliphatic heterocycles. The van der Waals surface area contributed by atoms with Gasteiger partial charge in [-0.2, -0.15) is 0 Å². The van der Waals surface area contributed by atoms with Gasteiger partial charge in [-0.1, -0.05) is 27.7 Å². The van der Waals surface area contributed by atoms with Crippen LogP contribution in [0.3, 0.4) is 0 Å². The zero-order valence-electron chi connectivity index (χ0n) is 12.8. The molecular formula is C15H20N2O3S. The molecule has 1 aromatic rings. The monoisotopic (exact) mass is 308 g/mol. The van der Waals surface area contributed by atoms with Gasteiger partial charge in [0.15, 0.2) is 0 Å². The maximum absolute atomic E-state index is 12.6. The van der Waals surface area contributed by atoms with Crippen LogP contribution in [0.25, 0.3) is 0 Å². The standard InChI is InChI=1S/C15H20N2O3S/c1-14(2)9-10-16(13(18)15(14,3)4)21-12-7-5-11(6-8-12)17(19)20/h5-8H,9-10H2,1-4H3. The molecule has 21 heavy (non-hydrogen) atoms. The number of piperidine rings is 1. The number of benzene rings is 1. The van der Waals surface area contributed by atoms with Gasteiger partial charge in [0.05, 0.1) is 4.92 Å². The van der Waals surface area contributed by atoms with Crippen molar-refractivity contribution in [2.45, 2.75) is 39.0 Å². The van der Waals surface area contributed by atoms with E-state index in [-0.39, 0.29) is 17.0 Å². The van der Waals surface area contributed by atoms with Crippen molar-refractivity contribution in [3.63, 3.8) is 0 Å². The summed E-state index contributed by atoms with van der Waals surface area (Å²) in [6, 6.07) is 6.29. The van der Waals surface area contributed by atoms with Crippen LogP contribution in [0.1, 0.15) is 34.1 Å². The fraction of sp³-hybridized carbons (Fsp3) is 0.533. The Kier molecular flexibility index (Phi) is 4.02. The summed E-state index contributed by atoms with van der Waals surface area (Å²) in [6.45, 7) is 8.91. The fourth-order valence-electron chi connectivity index (χ4n) is 2.24. The summed E-state index contributed by atoms with van der Waals surface area (Å²) in [5, 5.41) is 10.6. The number of non-ortho nitro benzene ring substituents is 1. The molecule has 0 bridgehead atoms. The molecule has 0 aromatic heterocycles. The minimum atomic E-state index is -0.424. The van der Waals surface area contributed by atoms with E-state index in [0.717, 1.165) is 11.3 Å². The summed E-state index contributed by atoms with van der Waals surface area (Å²) in [5.74, 6) is 0.113. The zero-order chi connectivity index (χ0) is 15.8. The Hall–Kier alpha value is -1.56. The smallest absolute Gasteiger partial charge is 0.269 e. The van der Waals surface area contributed by atoms with Gasteiger partial charge < -0.3 is 0 Å². The first-order valence-corrected chi connectivity index (χ1v) is 7.67. The van der Waals surface area contributed by atoms with Crippen molar-refractivity contribution in [1.29, 1.82) is 0 Å². The van der Waals surface area contributed by atoms with Crippen LogP contribution in [0.5, 0.6) is 0 Å². The molecule has 0 unspecified atom stereocenters. The molecule has 0 aliphatic carbocycles. The molecule has 0 spiro atoms. The second-order valence-corrected chi connectivity index (χ2v) is 7.60. The third-order valence-electron chi connectivity index (χ3n) is 4.66. The van der Waals surface area contributed by atoms with Gasteiger partial charge in [-0.05, 0) is 35.9 Å². The van der Waals surface area contributed by atoms with Crippen LogP contribution in [0.2, 0.25) is 0 Å². The van der Waals surface area contributed by atoms with Crippen molar-refractivity contribution in [2.24, 2.45) is 10.8 Å². The van der Waals surface area contributed by atoms with E-state index in [4.69, 9.17) is 0 Å². The van der Waals surface area contributed by atoms with Crippen LogP contribution in [-0.2, 0) is 4.79 Å². The van der Waals surface area contributed by atoms with Crippen LogP contribution in [0, 0.1) is 20.9 Å². The van der Waals surface area contributed by atoms with Crippen molar-refractivity contribution < 1.29 is 9.72 Å². The lowest BCUT2D eigenvalue weighted by molar-refractivity contribution is -0.384. The van der Waals surface area contributed by atoms with E-state index in [1.165, 1.54) is 24.1 Å². The van der Waals surface area contributed by atoms with Gasteiger partial charge in [-0.15, -0.1) is 0 Å². The van der Waals surface area contributed by atoms with Gasteiger partial charge in [-0.3, -0.25) is 19.2 Å². The Bertz CT molecular complexity index is 567. The largest absolute Gasteiger partial charge is 0.282 e. The van der Waals surface area contributed by atoms with E-state index < -0.39 is 10.3 Å². The molecule has 5 nitrogen and oxygen atoms in total. The zero-order valence-corrected chi connectivity index (χ0v) is 13.6. The number of hydrogen-bond acceptors (Lipinski definition) is 4. The maximum Gasteiger partial charge on any atom is 0.269 e. The topological polar surface area (TPSA) is 63.4 Å². The Morgan fingerprint density at radius 1 is 1.19 bits per heavy atom. The normalized spacial score (nSPS) is 20.4. The quantitative estimate of drug-likeness (QED) is 0.483. The molecule has 1 aliphatic rings. The van der Waals surface area contributed by atoms with Gasteiger partial charge >= 0.3 is 0 Å². The van der Waals surface area contributed by atoms with Crippen molar-refractivity contribution in [1.82, 2.24) is 4.31 Å². The highest BCUT2D eigenvalue weighted by Gasteiger charge is 2.48. The van der Waals surface area contributed by atoms with Crippen molar-refractivity contribution >= 4 is 23.5 Å². The van der Waals surface area contributed by atoms with E-state index in [0.29, 0.717) is 6.54 Å². The Morgan fingerprint density at radius 2 is 1.76 bits per heavy atom. The molecule has 0 atom stereocenters. The third kappa shape index (κ3) is 2.90. The minimum absolute atomic E-state index is 0.0311. The van der Waals surface area contributed by atoms with E-state index in [1.807, 2.05) is 13.8 Å². The molecule has 0 N–H and O–H groups in total. The number of nitro benzene ring substituents is 1. The first-order chi connectivity index (χ1) is 9.65. The van der Waals surface area contributed by atoms with E-state index >= 15 is 0 Å². The average molecular weight is 308 g/mol. The molecule has 6 heteroatoms. The average Bonchev–Trinajstić information content (AvgIpc) is 2.41. The van der Waals surface area contributed by atoms with Gasteiger partial charge in [0.1, 0.15) is 0 Å². The highest BCUT2D eigenvalue weighted by molar-refractivity contribution is 7.97. The minimum Gasteiger partial charge on any atom is -0.282 e. The van der Waals surface area contributed by atoms with Crippen LogP contribution in [0.4, 0.5) is 5.69 Å². The number of hydrogen-bond donors (Lipinski definition) is 0. The van der Waals surface area contributed by atoms with E-state index in [2.05, 4.69) is 13.8 Å². The number of carbonyl (C=O) groups excluding carboxylic acids is 1. The van der Waals surface area contributed by atoms with Crippen molar-refractivity contribution in [2.75, 3.05) is 6.54 Å². The molecule has 1 saturated heterocycles.